The van der Waals surface area contributed by atoms with E-state index in [9.17, 15) is 9.59 Å². The average Bonchev–Trinajstić information content (AvgIpc) is 2.46. The number of carboxylic acids is 1. The van der Waals surface area contributed by atoms with Gasteiger partial charge in [0.2, 0.25) is 0 Å². The number of carboxylic acid groups (broad SMARTS) is 1. The van der Waals surface area contributed by atoms with Crippen molar-refractivity contribution < 1.29 is 14.7 Å². The van der Waals surface area contributed by atoms with Gasteiger partial charge in [-0.2, -0.15) is 0 Å². The van der Waals surface area contributed by atoms with Crippen molar-refractivity contribution in [3.05, 3.63) is 29.8 Å². The first-order chi connectivity index (χ1) is 10.0. The monoisotopic (exact) mass is 292 g/mol. The Hall–Kier alpha value is -2.04. The zero-order chi connectivity index (χ0) is 15.7. The average molecular weight is 292 g/mol. The molecule has 2 amide bonds. The zero-order valence-corrected chi connectivity index (χ0v) is 12.8. The van der Waals surface area contributed by atoms with Crippen LogP contribution in [0.1, 0.15) is 38.2 Å². The number of carbonyl (C=O) groups is 2. The second kappa shape index (κ2) is 9.00. The number of anilines is 1. The van der Waals surface area contributed by atoms with Gasteiger partial charge >= 0.3 is 12.0 Å². The summed E-state index contributed by atoms with van der Waals surface area (Å²) in [7, 11) is 1.77. The van der Waals surface area contributed by atoms with Crippen LogP contribution in [0.2, 0.25) is 0 Å². The van der Waals surface area contributed by atoms with E-state index in [1.54, 1.807) is 18.0 Å². The molecule has 116 valence electrons. The predicted molar refractivity (Wildman–Crippen MR) is 83.6 cm³/mol. The van der Waals surface area contributed by atoms with Crippen LogP contribution < -0.4 is 5.32 Å². The molecule has 0 spiro atoms. The van der Waals surface area contributed by atoms with E-state index in [0.29, 0.717) is 12.1 Å². The van der Waals surface area contributed by atoms with Gasteiger partial charge in [0, 0.05) is 25.7 Å². The van der Waals surface area contributed by atoms with Crippen LogP contribution >= 0.6 is 0 Å². The summed E-state index contributed by atoms with van der Waals surface area (Å²) in [6.07, 6.45) is 3.67. The fourth-order valence-electron chi connectivity index (χ4n) is 2.01. The SMILES string of the molecule is CCCCCN(C)C(=O)Nc1ccccc1CCC(=O)O. The minimum atomic E-state index is -0.840. The number of aliphatic carboxylic acids is 1. The van der Waals surface area contributed by atoms with Crippen molar-refractivity contribution in [1.29, 1.82) is 0 Å². The Bertz CT molecular complexity index is 474. The number of amides is 2. The number of unbranched alkanes of at least 4 members (excludes halogenated alkanes) is 2. The summed E-state index contributed by atoms with van der Waals surface area (Å²) >= 11 is 0. The summed E-state index contributed by atoms with van der Waals surface area (Å²) in [6, 6.07) is 7.16. The smallest absolute Gasteiger partial charge is 0.321 e. The summed E-state index contributed by atoms with van der Waals surface area (Å²) in [4.78, 5) is 24.4. The van der Waals surface area contributed by atoms with E-state index in [1.807, 2.05) is 18.2 Å². The maximum Gasteiger partial charge on any atom is 0.321 e. The molecule has 5 heteroatoms. The van der Waals surface area contributed by atoms with E-state index < -0.39 is 5.97 Å². The van der Waals surface area contributed by atoms with Gasteiger partial charge in [0.25, 0.3) is 0 Å². The van der Waals surface area contributed by atoms with Gasteiger partial charge in [0.1, 0.15) is 0 Å². The van der Waals surface area contributed by atoms with Crippen LogP contribution in [0, 0.1) is 0 Å². The van der Waals surface area contributed by atoms with Crippen molar-refractivity contribution in [2.45, 2.75) is 39.0 Å². The Balaban J connectivity index is 2.60. The third kappa shape index (κ3) is 6.29. The van der Waals surface area contributed by atoms with Crippen molar-refractivity contribution in [2.75, 3.05) is 18.9 Å². The van der Waals surface area contributed by atoms with E-state index in [-0.39, 0.29) is 12.5 Å². The van der Waals surface area contributed by atoms with E-state index in [4.69, 9.17) is 5.11 Å². The molecule has 1 aromatic rings. The first kappa shape index (κ1) is 17.0. The van der Waals surface area contributed by atoms with Gasteiger partial charge < -0.3 is 15.3 Å². The quantitative estimate of drug-likeness (QED) is 0.722. The van der Waals surface area contributed by atoms with E-state index >= 15 is 0 Å². The third-order valence-electron chi connectivity index (χ3n) is 3.31. The van der Waals surface area contributed by atoms with Crippen LogP contribution in [0.3, 0.4) is 0 Å². The van der Waals surface area contributed by atoms with Gasteiger partial charge in [-0.05, 0) is 24.5 Å². The number of nitrogens with one attached hydrogen (secondary N) is 1. The molecule has 0 bridgehead atoms. The fourth-order valence-corrected chi connectivity index (χ4v) is 2.01. The van der Waals surface area contributed by atoms with Crippen LogP contribution in [0.25, 0.3) is 0 Å². The van der Waals surface area contributed by atoms with Gasteiger partial charge in [-0.15, -0.1) is 0 Å². The number of hydrogen-bond donors (Lipinski definition) is 2. The highest BCUT2D eigenvalue weighted by atomic mass is 16.4. The maximum atomic E-state index is 12.1. The molecule has 0 radical (unpaired) electrons. The number of urea groups is 1. The zero-order valence-electron chi connectivity index (χ0n) is 12.8. The summed E-state index contributed by atoms with van der Waals surface area (Å²) in [5.41, 5.74) is 1.53. The van der Waals surface area contributed by atoms with Crippen LogP contribution in [-0.4, -0.2) is 35.6 Å². The Kier molecular flexibility index (Phi) is 7.29. The number of hydrogen-bond acceptors (Lipinski definition) is 2. The Morgan fingerprint density at radius 1 is 1.24 bits per heavy atom. The van der Waals surface area contributed by atoms with Gasteiger partial charge in [0.15, 0.2) is 0 Å². The highest BCUT2D eigenvalue weighted by Crippen LogP contribution is 2.17. The van der Waals surface area contributed by atoms with Crippen LogP contribution in [0.5, 0.6) is 0 Å². The molecule has 0 aliphatic carbocycles. The number of carbonyl (C=O) groups excluding carboxylic acids is 1. The predicted octanol–water partition coefficient (Wildman–Crippen LogP) is 3.36. The first-order valence-electron chi connectivity index (χ1n) is 7.36. The molecule has 0 heterocycles. The lowest BCUT2D eigenvalue weighted by Gasteiger charge is -2.19. The Morgan fingerprint density at radius 2 is 1.95 bits per heavy atom. The standard InChI is InChI=1S/C16H24N2O3/c1-3-4-7-12-18(2)16(21)17-14-9-6-5-8-13(14)10-11-15(19)20/h5-6,8-9H,3-4,7,10-12H2,1-2H3,(H,17,21)(H,19,20). The lowest BCUT2D eigenvalue weighted by atomic mass is 10.1. The van der Waals surface area contributed by atoms with Crippen molar-refractivity contribution in [1.82, 2.24) is 4.90 Å². The van der Waals surface area contributed by atoms with E-state index in [0.717, 1.165) is 31.4 Å². The second-order valence-corrected chi connectivity index (χ2v) is 5.11. The van der Waals surface area contributed by atoms with Crippen LogP contribution in [0.4, 0.5) is 10.5 Å². The highest BCUT2D eigenvalue weighted by molar-refractivity contribution is 5.90. The first-order valence-corrected chi connectivity index (χ1v) is 7.36. The lowest BCUT2D eigenvalue weighted by Crippen LogP contribution is -2.32. The minimum absolute atomic E-state index is 0.0548. The topological polar surface area (TPSA) is 69.6 Å². The highest BCUT2D eigenvalue weighted by Gasteiger charge is 2.11. The molecule has 1 rings (SSSR count). The van der Waals surface area contributed by atoms with Crippen molar-refractivity contribution in [2.24, 2.45) is 0 Å². The van der Waals surface area contributed by atoms with Gasteiger partial charge in [-0.1, -0.05) is 38.0 Å². The molecule has 0 unspecified atom stereocenters. The molecule has 0 fully saturated rings. The molecule has 2 N–H and O–H groups in total. The van der Waals surface area contributed by atoms with Gasteiger partial charge in [-0.25, -0.2) is 4.79 Å². The van der Waals surface area contributed by atoms with Gasteiger partial charge in [-0.3, -0.25) is 4.79 Å². The van der Waals surface area contributed by atoms with Gasteiger partial charge in [0.05, 0.1) is 0 Å². The molecule has 0 saturated carbocycles. The molecule has 5 nitrogen and oxygen atoms in total. The summed E-state index contributed by atoms with van der Waals surface area (Å²) in [5.74, 6) is -0.840. The lowest BCUT2D eigenvalue weighted by molar-refractivity contribution is -0.136. The number of para-hydroxylation sites is 1. The molecule has 0 saturated heterocycles. The molecule has 21 heavy (non-hydrogen) atoms. The number of benzene rings is 1. The second-order valence-electron chi connectivity index (χ2n) is 5.11. The summed E-state index contributed by atoms with van der Waals surface area (Å²) in [6.45, 7) is 2.84. The van der Waals surface area contributed by atoms with Crippen molar-refractivity contribution >= 4 is 17.7 Å². The van der Waals surface area contributed by atoms with Crippen molar-refractivity contribution in [3.63, 3.8) is 0 Å². The minimum Gasteiger partial charge on any atom is -0.481 e. The van der Waals surface area contributed by atoms with Crippen LogP contribution in [-0.2, 0) is 11.2 Å². The molecule has 1 aromatic carbocycles. The van der Waals surface area contributed by atoms with Crippen molar-refractivity contribution in [3.8, 4) is 0 Å². The van der Waals surface area contributed by atoms with E-state index in [1.165, 1.54) is 0 Å². The Labute approximate surface area is 126 Å². The molecule has 0 aliphatic rings. The molecular weight excluding hydrogens is 268 g/mol. The normalized spacial score (nSPS) is 10.2. The maximum absolute atomic E-state index is 12.1. The number of aryl methyl sites for hydroxylation is 1. The largest absolute Gasteiger partial charge is 0.481 e. The summed E-state index contributed by atoms with van der Waals surface area (Å²) < 4.78 is 0. The molecular formula is C16H24N2O3. The molecule has 0 atom stereocenters. The fraction of sp³-hybridized carbons (Fsp3) is 0.500. The number of nitrogens with zero attached hydrogens (tertiary/aromatic N) is 1. The Morgan fingerprint density at radius 3 is 2.62 bits per heavy atom. The summed E-state index contributed by atoms with van der Waals surface area (Å²) in [5, 5.41) is 11.6. The molecule has 0 aliphatic heterocycles. The number of rotatable bonds is 8. The van der Waals surface area contributed by atoms with E-state index in [2.05, 4.69) is 12.2 Å². The van der Waals surface area contributed by atoms with Crippen LogP contribution in [0.15, 0.2) is 24.3 Å². The third-order valence-corrected chi connectivity index (χ3v) is 3.31. The molecule has 0 aromatic heterocycles.